The Bertz CT molecular complexity index is 488. The van der Waals surface area contributed by atoms with Crippen LogP contribution in [0.3, 0.4) is 0 Å². The van der Waals surface area contributed by atoms with Gasteiger partial charge in [-0.15, -0.1) is 35.3 Å². The second kappa shape index (κ2) is 11.9. The number of hydrogen-bond acceptors (Lipinski definition) is 3. The predicted molar refractivity (Wildman–Crippen MR) is 110 cm³/mol. The van der Waals surface area contributed by atoms with Crippen molar-refractivity contribution in [1.82, 2.24) is 10.2 Å². The number of ether oxygens (including phenoxy) is 1. The van der Waals surface area contributed by atoms with Crippen molar-refractivity contribution in [2.45, 2.75) is 26.2 Å². The van der Waals surface area contributed by atoms with Crippen LogP contribution in [0, 0.1) is 0 Å². The van der Waals surface area contributed by atoms with E-state index in [-0.39, 0.29) is 24.0 Å². The summed E-state index contributed by atoms with van der Waals surface area (Å²) in [6.45, 7) is 6.47. The Morgan fingerprint density at radius 3 is 2.96 bits per heavy atom. The summed E-state index contributed by atoms with van der Waals surface area (Å²) in [6.07, 6.45) is 5.37. The molecule has 2 heterocycles. The Morgan fingerprint density at radius 1 is 1.43 bits per heavy atom. The van der Waals surface area contributed by atoms with Crippen LogP contribution >= 0.6 is 35.3 Å². The fourth-order valence-corrected chi connectivity index (χ4v) is 3.10. The largest absolute Gasteiger partial charge is 0.377 e. The molecule has 0 saturated carbocycles. The molecule has 1 aromatic heterocycles. The molecule has 4 nitrogen and oxygen atoms in total. The van der Waals surface area contributed by atoms with E-state index in [1.807, 2.05) is 11.3 Å². The predicted octanol–water partition coefficient (Wildman–Crippen LogP) is 3.54. The minimum Gasteiger partial charge on any atom is -0.377 e. The summed E-state index contributed by atoms with van der Waals surface area (Å²) in [5.74, 6) is 1.01. The number of nitrogens with zero attached hydrogens (tertiary/aromatic N) is 2. The lowest BCUT2D eigenvalue weighted by Crippen LogP contribution is -2.40. The first kappa shape index (κ1) is 20.4. The van der Waals surface area contributed by atoms with Crippen molar-refractivity contribution in [2.24, 2.45) is 4.99 Å². The highest BCUT2D eigenvalue weighted by Crippen LogP contribution is 2.12. The number of guanidine groups is 1. The molecule has 1 aliphatic rings. The van der Waals surface area contributed by atoms with Crippen LogP contribution < -0.4 is 5.32 Å². The molecule has 130 valence electrons. The fraction of sp³-hybridized carbons (Fsp3) is 0.588. The average Bonchev–Trinajstić information content (AvgIpc) is 3.06. The molecule has 0 saturated heterocycles. The molecule has 0 spiro atoms. The summed E-state index contributed by atoms with van der Waals surface area (Å²) < 4.78 is 5.34. The molecular weight excluding hydrogens is 421 g/mol. The van der Waals surface area contributed by atoms with Gasteiger partial charge in [0.2, 0.25) is 0 Å². The Hall–Kier alpha value is -0.600. The van der Waals surface area contributed by atoms with Crippen molar-refractivity contribution in [2.75, 3.05) is 39.9 Å². The third-order valence-electron chi connectivity index (χ3n) is 3.72. The SMILES string of the molecule is CCNC(=NCCC1=CCOCC1)N(C)CCc1cccs1.I. The summed E-state index contributed by atoms with van der Waals surface area (Å²) in [5, 5.41) is 5.52. The molecule has 0 aromatic carbocycles. The van der Waals surface area contributed by atoms with Crippen LogP contribution in [0.2, 0.25) is 0 Å². The zero-order chi connectivity index (χ0) is 15.6. The normalized spacial score (nSPS) is 14.9. The fourth-order valence-electron chi connectivity index (χ4n) is 2.41. The number of thiophene rings is 1. The second-order valence-corrected chi connectivity index (χ2v) is 6.46. The molecular formula is C17H28IN3OS. The number of aliphatic imine (C=N–C) groups is 1. The summed E-state index contributed by atoms with van der Waals surface area (Å²) in [7, 11) is 2.11. The summed E-state index contributed by atoms with van der Waals surface area (Å²) in [6, 6.07) is 4.31. The van der Waals surface area contributed by atoms with E-state index >= 15 is 0 Å². The zero-order valence-corrected chi connectivity index (χ0v) is 17.2. The standard InChI is InChI=1S/C17H27N3OS.HI/c1-3-18-17(19-10-6-15-8-12-21-13-9-15)20(2)11-7-16-5-4-14-22-16;/h4-5,8,14H,3,6-7,9-13H2,1-2H3,(H,18,19);1H. The molecule has 0 unspecified atom stereocenters. The molecule has 1 N–H and O–H groups in total. The number of likely N-dealkylation sites (N-methyl/N-ethyl adjacent to an activating group) is 1. The smallest absolute Gasteiger partial charge is 0.193 e. The Morgan fingerprint density at radius 2 is 2.30 bits per heavy atom. The third-order valence-corrected chi connectivity index (χ3v) is 4.66. The van der Waals surface area contributed by atoms with Crippen molar-refractivity contribution >= 4 is 41.3 Å². The lowest BCUT2D eigenvalue weighted by atomic mass is 10.1. The quantitative estimate of drug-likeness (QED) is 0.300. The maximum atomic E-state index is 5.34. The van der Waals surface area contributed by atoms with Crippen LogP contribution in [-0.4, -0.2) is 50.8 Å². The summed E-state index contributed by atoms with van der Waals surface area (Å²) in [5.41, 5.74) is 1.48. The van der Waals surface area contributed by atoms with Crippen molar-refractivity contribution in [3.8, 4) is 0 Å². The van der Waals surface area contributed by atoms with E-state index in [1.165, 1.54) is 10.5 Å². The number of nitrogens with one attached hydrogen (secondary N) is 1. The van der Waals surface area contributed by atoms with Gasteiger partial charge in [-0.2, -0.15) is 0 Å². The topological polar surface area (TPSA) is 36.9 Å². The third kappa shape index (κ3) is 7.67. The average molecular weight is 449 g/mol. The van der Waals surface area contributed by atoms with Gasteiger partial charge in [-0.25, -0.2) is 0 Å². The van der Waals surface area contributed by atoms with E-state index in [2.05, 4.69) is 47.8 Å². The van der Waals surface area contributed by atoms with E-state index in [0.29, 0.717) is 0 Å². The molecule has 0 radical (unpaired) electrons. The van der Waals surface area contributed by atoms with Crippen LogP contribution in [0.4, 0.5) is 0 Å². The van der Waals surface area contributed by atoms with Crippen LogP contribution in [-0.2, 0) is 11.2 Å². The molecule has 0 atom stereocenters. The van der Waals surface area contributed by atoms with Crippen molar-refractivity contribution in [1.29, 1.82) is 0 Å². The highest BCUT2D eigenvalue weighted by Gasteiger charge is 2.07. The van der Waals surface area contributed by atoms with Crippen molar-refractivity contribution in [3.63, 3.8) is 0 Å². The number of rotatable bonds is 7. The number of halogens is 1. The van der Waals surface area contributed by atoms with Crippen LogP contribution in [0.15, 0.2) is 34.2 Å². The molecule has 1 aliphatic heterocycles. The lowest BCUT2D eigenvalue weighted by Gasteiger charge is -2.22. The number of hydrogen-bond donors (Lipinski definition) is 1. The van der Waals surface area contributed by atoms with E-state index in [9.17, 15) is 0 Å². The Balaban J connectivity index is 0.00000264. The van der Waals surface area contributed by atoms with Gasteiger partial charge in [-0.3, -0.25) is 4.99 Å². The first-order valence-corrected chi connectivity index (χ1v) is 8.95. The van der Waals surface area contributed by atoms with E-state index < -0.39 is 0 Å². The maximum Gasteiger partial charge on any atom is 0.193 e. The zero-order valence-electron chi connectivity index (χ0n) is 14.1. The Labute approximate surface area is 161 Å². The molecule has 23 heavy (non-hydrogen) atoms. The highest BCUT2D eigenvalue weighted by atomic mass is 127. The van der Waals surface area contributed by atoms with Gasteiger partial charge in [0.15, 0.2) is 5.96 Å². The molecule has 0 fully saturated rings. The molecule has 0 aliphatic carbocycles. The van der Waals surface area contributed by atoms with Gasteiger partial charge in [0.05, 0.1) is 13.2 Å². The molecule has 1 aromatic rings. The van der Waals surface area contributed by atoms with E-state index in [4.69, 9.17) is 9.73 Å². The lowest BCUT2D eigenvalue weighted by molar-refractivity contribution is 0.153. The van der Waals surface area contributed by atoms with Gasteiger partial charge in [0.1, 0.15) is 0 Å². The van der Waals surface area contributed by atoms with Gasteiger partial charge in [-0.05, 0) is 37.6 Å². The molecule has 6 heteroatoms. The molecule has 0 bridgehead atoms. The van der Waals surface area contributed by atoms with E-state index in [1.54, 1.807) is 0 Å². The van der Waals surface area contributed by atoms with Crippen LogP contribution in [0.25, 0.3) is 0 Å². The summed E-state index contributed by atoms with van der Waals surface area (Å²) in [4.78, 5) is 8.41. The van der Waals surface area contributed by atoms with Gasteiger partial charge in [0, 0.05) is 31.6 Å². The Kier molecular flexibility index (Phi) is 10.5. The van der Waals surface area contributed by atoms with Crippen molar-refractivity contribution in [3.05, 3.63) is 34.0 Å². The molecule has 0 amide bonds. The maximum absolute atomic E-state index is 5.34. The van der Waals surface area contributed by atoms with Crippen LogP contribution in [0.5, 0.6) is 0 Å². The minimum absolute atomic E-state index is 0. The van der Waals surface area contributed by atoms with Gasteiger partial charge >= 0.3 is 0 Å². The first-order valence-electron chi connectivity index (χ1n) is 8.07. The first-order chi connectivity index (χ1) is 10.8. The van der Waals surface area contributed by atoms with Gasteiger partial charge < -0.3 is 15.0 Å². The summed E-state index contributed by atoms with van der Waals surface area (Å²) >= 11 is 1.82. The highest BCUT2D eigenvalue weighted by molar-refractivity contribution is 14.0. The van der Waals surface area contributed by atoms with Crippen LogP contribution in [0.1, 0.15) is 24.6 Å². The molecule has 2 rings (SSSR count). The minimum atomic E-state index is 0. The van der Waals surface area contributed by atoms with Crippen molar-refractivity contribution < 1.29 is 4.74 Å². The second-order valence-electron chi connectivity index (χ2n) is 5.42. The van der Waals surface area contributed by atoms with E-state index in [0.717, 1.165) is 58.1 Å². The monoisotopic (exact) mass is 449 g/mol. The van der Waals surface area contributed by atoms with Gasteiger partial charge in [-0.1, -0.05) is 17.7 Å². The van der Waals surface area contributed by atoms with Gasteiger partial charge in [0.25, 0.3) is 0 Å².